The number of rotatable bonds is 6. The second-order valence-corrected chi connectivity index (χ2v) is 9.49. The first-order valence-electron chi connectivity index (χ1n) is 10.0. The zero-order valence-corrected chi connectivity index (χ0v) is 17.2. The SMILES string of the molecule is CCn1c(CNC(=O)C2CCC2)nc2c1CN(S(=O)(=O)c1ccc(F)cc1)CC2. The Balaban J connectivity index is 1.53. The summed E-state index contributed by atoms with van der Waals surface area (Å²) in [6.07, 6.45) is 3.50. The molecule has 29 heavy (non-hydrogen) atoms. The molecule has 1 saturated carbocycles. The number of fused-ring (bicyclic) bond motifs is 1. The van der Waals surface area contributed by atoms with Crippen molar-refractivity contribution in [2.24, 2.45) is 5.92 Å². The van der Waals surface area contributed by atoms with E-state index >= 15 is 0 Å². The van der Waals surface area contributed by atoms with Crippen LogP contribution in [0.3, 0.4) is 0 Å². The van der Waals surface area contributed by atoms with E-state index in [-0.39, 0.29) is 23.3 Å². The van der Waals surface area contributed by atoms with Crippen LogP contribution in [0.2, 0.25) is 0 Å². The quantitative estimate of drug-likeness (QED) is 0.777. The molecule has 2 aromatic rings. The van der Waals surface area contributed by atoms with Gasteiger partial charge < -0.3 is 9.88 Å². The van der Waals surface area contributed by atoms with E-state index in [1.807, 2.05) is 11.5 Å². The van der Waals surface area contributed by atoms with Crippen molar-refractivity contribution in [1.29, 1.82) is 0 Å². The van der Waals surface area contributed by atoms with Gasteiger partial charge in [-0.2, -0.15) is 4.31 Å². The highest BCUT2D eigenvalue weighted by molar-refractivity contribution is 7.89. The molecule has 1 amide bonds. The third-order valence-electron chi connectivity index (χ3n) is 5.82. The maximum absolute atomic E-state index is 13.2. The molecule has 0 spiro atoms. The van der Waals surface area contributed by atoms with Crippen molar-refractivity contribution in [2.75, 3.05) is 6.54 Å². The summed E-state index contributed by atoms with van der Waals surface area (Å²) in [5, 5.41) is 2.97. The fourth-order valence-electron chi connectivity index (χ4n) is 3.90. The van der Waals surface area contributed by atoms with Crippen LogP contribution in [0.5, 0.6) is 0 Å². The van der Waals surface area contributed by atoms with Crippen LogP contribution in [-0.2, 0) is 40.9 Å². The molecular formula is C20H25FN4O3S. The second kappa shape index (κ2) is 7.87. The molecule has 2 aliphatic rings. The van der Waals surface area contributed by atoms with E-state index in [1.165, 1.54) is 16.4 Å². The molecule has 2 heterocycles. The molecule has 0 radical (unpaired) electrons. The molecule has 1 aliphatic heterocycles. The minimum atomic E-state index is -3.71. The van der Waals surface area contributed by atoms with E-state index < -0.39 is 15.8 Å². The molecule has 1 aromatic heterocycles. The number of aromatic nitrogens is 2. The van der Waals surface area contributed by atoms with E-state index in [2.05, 4.69) is 10.3 Å². The van der Waals surface area contributed by atoms with Crippen LogP contribution < -0.4 is 5.32 Å². The number of halogens is 1. The van der Waals surface area contributed by atoms with Crippen LogP contribution in [0.1, 0.15) is 43.4 Å². The Morgan fingerprint density at radius 1 is 1.28 bits per heavy atom. The third-order valence-corrected chi connectivity index (χ3v) is 7.68. The third kappa shape index (κ3) is 3.81. The summed E-state index contributed by atoms with van der Waals surface area (Å²) >= 11 is 0. The van der Waals surface area contributed by atoms with Gasteiger partial charge in [0.15, 0.2) is 0 Å². The van der Waals surface area contributed by atoms with E-state index in [0.29, 0.717) is 26.1 Å². The number of carbonyl (C=O) groups excluding carboxylic acids is 1. The smallest absolute Gasteiger partial charge is 0.243 e. The van der Waals surface area contributed by atoms with Crippen molar-refractivity contribution in [3.63, 3.8) is 0 Å². The fourth-order valence-corrected chi connectivity index (χ4v) is 5.30. The molecule has 9 heteroatoms. The Morgan fingerprint density at radius 2 is 2.00 bits per heavy atom. The lowest BCUT2D eigenvalue weighted by molar-refractivity contribution is -0.127. The van der Waals surface area contributed by atoms with Crippen molar-refractivity contribution in [2.45, 2.75) is 57.1 Å². The van der Waals surface area contributed by atoms with E-state index in [1.54, 1.807) is 0 Å². The van der Waals surface area contributed by atoms with E-state index in [0.717, 1.165) is 48.6 Å². The summed E-state index contributed by atoms with van der Waals surface area (Å²) in [7, 11) is -3.71. The molecule has 0 atom stereocenters. The molecule has 1 aromatic carbocycles. The zero-order chi connectivity index (χ0) is 20.6. The van der Waals surface area contributed by atoms with Gasteiger partial charge >= 0.3 is 0 Å². The standard InChI is InChI=1S/C20H25FN4O3S/c1-2-25-18-13-24(29(27,28)16-8-6-15(21)7-9-16)11-10-17(18)23-19(25)12-22-20(26)14-4-3-5-14/h6-9,14H,2-5,10-13H2,1H3,(H,22,26). The van der Waals surface area contributed by atoms with Crippen LogP contribution in [0.15, 0.2) is 29.2 Å². The number of hydrogen-bond donors (Lipinski definition) is 1. The van der Waals surface area contributed by atoms with Crippen molar-refractivity contribution in [3.8, 4) is 0 Å². The van der Waals surface area contributed by atoms with E-state index in [4.69, 9.17) is 0 Å². The summed E-state index contributed by atoms with van der Waals surface area (Å²) < 4.78 is 42.5. The molecule has 0 bridgehead atoms. The Hall–Kier alpha value is -2.26. The number of nitrogens with one attached hydrogen (secondary N) is 1. The van der Waals surface area contributed by atoms with Gasteiger partial charge in [0.05, 0.1) is 29.4 Å². The van der Waals surface area contributed by atoms with Crippen molar-refractivity contribution in [3.05, 3.63) is 47.3 Å². The monoisotopic (exact) mass is 420 g/mol. The molecular weight excluding hydrogens is 395 g/mol. The lowest BCUT2D eigenvalue weighted by Gasteiger charge is -2.27. The van der Waals surface area contributed by atoms with E-state index in [9.17, 15) is 17.6 Å². The molecule has 7 nitrogen and oxygen atoms in total. The molecule has 0 unspecified atom stereocenters. The van der Waals surface area contributed by atoms with Gasteiger partial charge in [-0.3, -0.25) is 4.79 Å². The molecule has 1 fully saturated rings. The summed E-state index contributed by atoms with van der Waals surface area (Å²) in [5.41, 5.74) is 1.74. The van der Waals surface area contributed by atoms with Crippen molar-refractivity contribution in [1.82, 2.24) is 19.2 Å². The van der Waals surface area contributed by atoms with Crippen molar-refractivity contribution < 1.29 is 17.6 Å². The second-order valence-electron chi connectivity index (χ2n) is 7.55. The highest BCUT2D eigenvalue weighted by atomic mass is 32.2. The van der Waals surface area contributed by atoms with Crippen LogP contribution in [0.25, 0.3) is 0 Å². The lowest BCUT2D eigenvalue weighted by atomic mass is 9.85. The lowest BCUT2D eigenvalue weighted by Crippen LogP contribution is -2.37. The zero-order valence-electron chi connectivity index (χ0n) is 16.4. The summed E-state index contributed by atoms with van der Waals surface area (Å²) in [6, 6.07) is 4.89. The van der Waals surface area contributed by atoms with Gasteiger partial charge in [0, 0.05) is 25.4 Å². The minimum absolute atomic E-state index is 0.0698. The first-order valence-corrected chi connectivity index (χ1v) is 11.4. The number of imidazole rings is 1. The van der Waals surface area contributed by atoms with Crippen LogP contribution in [0, 0.1) is 11.7 Å². The number of sulfonamides is 1. The number of benzene rings is 1. The number of carbonyl (C=O) groups is 1. The van der Waals surface area contributed by atoms with Gasteiger partial charge in [0.25, 0.3) is 0 Å². The Bertz CT molecular complexity index is 1010. The van der Waals surface area contributed by atoms with Crippen LogP contribution >= 0.6 is 0 Å². The van der Waals surface area contributed by atoms with Gasteiger partial charge in [0.2, 0.25) is 15.9 Å². The summed E-state index contributed by atoms with van der Waals surface area (Å²) in [5.74, 6) is 0.472. The van der Waals surface area contributed by atoms with Gasteiger partial charge in [0.1, 0.15) is 11.6 Å². The molecule has 156 valence electrons. The average Bonchev–Trinajstić information content (AvgIpc) is 3.02. The Morgan fingerprint density at radius 3 is 2.62 bits per heavy atom. The number of hydrogen-bond acceptors (Lipinski definition) is 4. The highest BCUT2D eigenvalue weighted by Crippen LogP contribution is 2.28. The summed E-state index contributed by atoms with van der Waals surface area (Å²) in [4.78, 5) is 16.9. The highest BCUT2D eigenvalue weighted by Gasteiger charge is 2.32. The molecule has 1 aliphatic carbocycles. The average molecular weight is 421 g/mol. The van der Waals surface area contributed by atoms with Gasteiger partial charge in [-0.1, -0.05) is 6.42 Å². The normalized spacial score (nSPS) is 17.6. The van der Waals surface area contributed by atoms with Gasteiger partial charge in [-0.05, 0) is 44.0 Å². The van der Waals surface area contributed by atoms with Gasteiger partial charge in [-0.25, -0.2) is 17.8 Å². The van der Waals surface area contributed by atoms with Crippen LogP contribution in [0.4, 0.5) is 4.39 Å². The first kappa shape index (κ1) is 20.0. The molecule has 1 N–H and O–H groups in total. The summed E-state index contributed by atoms with van der Waals surface area (Å²) in [6.45, 7) is 3.50. The first-order chi connectivity index (χ1) is 13.9. The van der Waals surface area contributed by atoms with Crippen LogP contribution in [-0.4, -0.2) is 34.7 Å². The minimum Gasteiger partial charge on any atom is -0.349 e. The van der Waals surface area contributed by atoms with Gasteiger partial charge in [-0.15, -0.1) is 0 Å². The number of nitrogens with zero attached hydrogens (tertiary/aromatic N) is 3. The maximum Gasteiger partial charge on any atom is 0.243 e. The predicted octanol–water partition coefficient (Wildman–Crippen LogP) is 2.21. The molecule has 0 saturated heterocycles. The fraction of sp³-hybridized carbons (Fsp3) is 0.500. The number of amides is 1. The largest absolute Gasteiger partial charge is 0.349 e. The molecule has 4 rings (SSSR count). The topological polar surface area (TPSA) is 84.3 Å². The maximum atomic E-state index is 13.2. The van der Waals surface area contributed by atoms with Crippen molar-refractivity contribution >= 4 is 15.9 Å². The Kier molecular flexibility index (Phi) is 5.44. The predicted molar refractivity (Wildman–Crippen MR) is 105 cm³/mol. The Labute approximate surface area is 170 Å².